The van der Waals surface area contributed by atoms with Crippen molar-refractivity contribution >= 4 is 23.7 Å². The molecule has 2 rings (SSSR count). The van der Waals surface area contributed by atoms with Gasteiger partial charge in [-0.05, 0) is 6.07 Å². The summed E-state index contributed by atoms with van der Waals surface area (Å²) in [6.45, 7) is 0.378. The molecule has 0 atom stereocenters. The fourth-order valence-electron chi connectivity index (χ4n) is 1.39. The van der Waals surface area contributed by atoms with Crippen LogP contribution in [0.5, 0.6) is 5.75 Å². The van der Waals surface area contributed by atoms with Crippen molar-refractivity contribution in [1.29, 1.82) is 0 Å². The highest BCUT2D eigenvalue weighted by Crippen LogP contribution is 2.30. The minimum atomic E-state index is -0.00832. The van der Waals surface area contributed by atoms with Gasteiger partial charge in [-0.2, -0.15) is 0 Å². The molecule has 1 heterocycles. The molecule has 0 aromatic heterocycles. The third-order valence-electron chi connectivity index (χ3n) is 2.11. The van der Waals surface area contributed by atoms with E-state index in [1.807, 2.05) is 0 Å². The van der Waals surface area contributed by atoms with Gasteiger partial charge in [-0.25, -0.2) is 0 Å². The third kappa shape index (κ3) is 1.40. The van der Waals surface area contributed by atoms with Crippen LogP contribution in [-0.4, -0.2) is 18.7 Å². The van der Waals surface area contributed by atoms with Crippen molar-refractivity contribution in [2.75, 3.05) is 6.61 Å². The van der Waals surface area contributed by atoms with E-state index in [1.165, 1.54) is 12.1 Å². The number of hydrogen-bond acceptors (Lipinski definition) is 3. The number of aldehydes is 1. The van der Waals surface area contributed by atoms with Crippen LogP contribution >= 0.6 is 11.6 Å². The van der Waals surface area contributed by atoms with E-state index >= 15 is 0 Å². The van der Waals surface area contributed by atoms with Gasteiger partial charge in [0.05, 0.1) is 17.2 Å². The van der Waals surface area contributed by atoms with E-state index in [9.17, 15) is 9.59 Å². The van der Waals surface area contributed by atoms with Crippen molar-refractivity contribution in [1.82, 2.24) is 0 Å². The molecule has 0 saturated heterocycles. The van der Waals surface area contributed by atoms with Crippen molar-refractivity contribution in [2.24, 2.45) is 0 Å². The van der Waals surface area contributed by atoms with Crippen LogP contribution in [0, 0.1) is 0 Å². The standard InChI is InChI=1S/C10H7ClO3/c11-8-4-10-7(3-6(8)5-12)9(13)1-2-14-10/h3-5H,1-2H2. The lowest BCUT2D eigenvalue weighted by atomic mass is 10.0. The van der Waals surface area contributed by atoms with Gasteiger partial charge in [0.2, 0.25) is 0 Å². The smallest absolute Gasteiger partial charge is 0.170 e. The van der Waals surface area contributed by atoms with E-state index in [2.05, 4.69) is 0 Å². The highest BCUT2D eigenvalue weighted by Gasteiger charge is 2.20. The number of fused-ring (bicyclic) bond motifs is 1. The van der Waals surface area contributed by atoms with Gasteiger partial charge in [0, 0.05) is 18.1 Å². The van der Waals surface area contributed by atoms with Crippen LogP contribution in [-0.2, 0) is 0 Å². The SMILES string of the molecule is O=Cc1cc2c(cc1Cl)OCCC2=O. The van der Waals surface area contributed by atoms with E-state index in [4.69, 9.17) is 16.3 Å². The summed E-state index contributed by atoms with van der Waals surface area (Å²) in [5.41, 5.74) is 0.770. The molecule has 1 aliphatic rings. The minimum absolute atomic E-state index is 0.00832. The Morgan fingerprint density at radius 3 is 2.93 bits per heavy atom. The van der Waals surface area contributed by atoms with E-state index in [0.29, 0.717) is 41.2 Å². The van der Waals surface area contributed by atoms with Crippen LogP contribution in [0.25, 0.3) is 0 Å². The van der Waals surface area contributed by atoms with Gasteiger partial charge in [0.1, 0.15) is 5.75 Å². The lowest BCUT2D eigenvalue weighted by Gasteiger charge is -2.16. The summed E-state index contributed by atoms with van der Waals surface area (Å²) in [6, 6.07) is 2.99. The predicted octanol–water partition coefficient (Wildman–Crippen LogP) is 2.12. The summed E-state index contributed by atoms with van der Waals surface area (Å²) in [7, 11) is 0. The second kappa shape index (κ2) is 3.42. The Balaban J connectivity index is 2.60. The molecule has 72 valence electrons. The molecule has 14 heavy (non-hydrogen) atoms. The van der Waals surface area contributed by atoms with Gasteiger partial charge in [-0.1, -0.05) is 11.6 Å². The largest absolute Gasteiger partial charge is 0.492 e. The molecule has 0 fully saturated rings. The molecule has 0 N–H and O–H groups in total. The van der Waals surface area contributed by atoms with Crippen LogP contribution in [0.4, 0.5) is 0 Å². The number of hydrogen-bond donors (Lipinski definition) is 0. The Morgan fingerprint density at radius 1 is 1.43 bits per heavy atom. The predicted molar refractivity (Wildman–Crippen MR) is 51.3 cm³/mol. The fourth-order valence-corrected chi connectivity index (χ4v) is 1.59. The highest BCUT2D eigenvalue weighted by molar-refractivity contribution is 6.33. The van der Waals surface area contributed by atoms with E-state index in [-0.39, 0.29) is 5.78 Å². The molecule has 0 bridgehead atoms. The van der Waals surface area contributed by atoms with Crippen molar-refractivity contribution in [2.45, 2.75) is 6.42 Å². The van der Waals surface area contributed by atoms with Gasteiger partial charge in [-0.15, -0.1) is 0 Å². The van der Waals surface area contributed by atoms with Gasteiger partial charge in [0.15, 0.2) is 12.1 Å². The first kappa shape index (κ1) is 9.21. The maximum absolute atomic E-state index is 11.4. The summed E-state index contributed by atoms with van der Waals surface area (Å²) in [6.07, 6.45) is 0.984. The summed E-state index contributed by atoms with van der Waals surface area (Å²) in [5, 5.41) is 0.313. The summed E-state index contributed by atoms with van der Waals surface area (Å²) in [5.74, 6) is 0.461. The molecular weight excluding hydrogens is 204 g/mol. The highest BCUT2D eigenvalue weighted by atomic mass is 35.5. The van der Waals surface area contributed by atoms with Gasteiger partial charge in [-0.3, -0.25) is 9.59 Å². The zero-order valence-electron chi connectivity index (χ0n) is 7.25. The van der Waals surface area contributed by atoms with E-state index in [1.54, 1.807) is 0 Å². The van der Waals surface area contributed by atoms with Crippen molar-refractivity contribution in [3.05, 3.63) is 28.3 Å². The maximum atomic E-state index is 11.4. The molecule has 3 nitrogen and oxygen atoms in total. The zero-order valence-corrected chi connectivity index (χ0v) is 8.00. The van der Waals surface area contributed by atoms with Crippen molar-refractivity contribution < 1.29 is 14.3 Å². The molecule has 0 amide bonds. The minimum Gasteiger partial charge on any atom is -0.492 e. The number of carbonyl (C=O) groups excluding carboxylic acids is 2. The van der Waals surface area contributed by atoms with Crippen LogP contribution in [0.2, 0.25) is 5.02 Å². The molecule has 0 unspecified atom stereocenters. The van der Waals surface area contributed by atoms with Gasteiger partial charge in [0.25, 0.3) is 0 Å². The molecule has 4 heteroatoms. The van der Waals surface area contributed by atoms with Crippen LogP contribution in [0.3, 0.4) is 0 Å². The number of ether oxygens (including phenoxy) is 1. The number of halogens is 1. The molecule has 0 aliphatic carbocycles. The Morgan fingerprint density at radius 2 is 2.21 bits per heavy atom. The monoisotopic (exact) mass is 210 g/mol. The number of benzene rings is 1. The molecule has 0 saturated carbocycles. The average Bonchev–Trinajstić information content (AvgIpc) is 2.17. The second-order valence-corrected chi connectivity index (χ2v) is 3.42. The van der Waals surface area contributed by atoms with Crippen LogP contribution in [0.15, 0.2) is 12.1 Å². The Bertz CT molecular complexity index is 412. The lowest BCUT2D eigenvalue weighted by Crippen LogP contribution is -2.15. The average molecular weight is 211 g/mol. The normalized spacial score (nSPS) is 14.5. The van der Waals surface area contributed by atoms with Crippen LogP contribution < -0.4 is 4.74 Å². The molecular formula is C10H7ClO3. The van der Waals surface area contributed by atoms with Crippen molar-refractivity contribution in [3.63, 3.8) is 0 Å². The second-order valence-electron chi connectivity index (χ2n) is 3.01. The quantitative estimate of drug-likeness (QED) is 0.667. The first-order valence-corrected chi connectivity index (χ1v) is 4.55. The number of Topliss-reactive ketones (excluding diaryl/α,β-unsaturated/α-hetero) is 1. The summed E-state index contributed by atoms with van der Waals surface area (Å²) in [4.78, 5) is 22.0. The lowest BCUT2D eigenvalue weighted by molar-refractivity contribution is 0.0933. The topological polar surface area (TPSA) is 43.4 Å². The van der Waals surface area contributed by atoms with Gasteiger partial charge < -0.3 is 4.74 Å². The Labute approximate surface area is 85.6 Å². The van der Waals surface area contributed by atoms with Crippen molar-refractivity contribution in [3.8, 4) is 5.75 Å². The summed E-state index contributed by atoms with van der Waals surface area (Å²) >= 11 is 5.79. The van der Waals surface area contributed by atoms with Gasteiger partial charge >= 0.3 is 0 Å². The van der Waals surface area contributed by atoms with E-state index in [0.717, 1.165) is 0 Å². The molecule has 0 spiro atoms. The first-order valence-electron chi connectivity index (χ1n) is 4.17. The number of ketones is 1. The Kier molecular flexibility index (Phi) is 2.25. The molecule has 1 aromatic carbocycles. The molecule has 1 aliphatic heterocycles. The van der Waals surface area contributed by atoms with E-state index < -0.39 is 0 Å². The maximum Gasteiger partial charge on any atom is 0.170 e. The Hall–Kier alpha value is -1.35. The fraction of sp³-hybridized carbons (Fsp3) is 0.200. The first-order chi connectivity index (χ1) is 6.72. The third-order valence-corrected chi connectivity index (χ3v) is 2.44. The number of carbonyl (C=O) groups is 2. The number of rotatable bonds is 1. The summed E-state index contributed by atoms with van der Waals surface area (Å²) < 4.78 is 5.25. The zero-order chi connectivity index (χ0) is 10.1. The molecule has 1 aromatic rings. The van der Waals surface area contributed by atoms with Crippen LogP contribution in [0.1, 0.15) is 27.1 Å². The molecule has 0 radical (unpaired) electrons.